The first-order chi connectivity index (χ1) is 21.3. The number of hydrogen-bond acceptors (Lipinski definition) is 6. The minimum absolute atomic E-state index is 0.0496. The van der Waals surface area contributed by atoms with Gasteiger partial charge in [-0.25, -0.2) is 9.78 Å². The SMILES string of the molecule is CC(C)(C)OC(=O)N1C(=O)[C@]2(Cc3cc(C=CCN(C(=O)C(C)(C)CI)C4CCc5ccccc54)cnc3C2)c2cccnc21. The van der Waals surface area contributed by atoms with Crippen LogP contribution in [0.4, 0.5) is 10.6 Å². The number of alkyl halides is 1. The number of carbonyl (C=O) groups is 3. The van der Waals surface area contributed by atoms with Crippen LogP contribution < -0.4 is 4.90 Å². The maximum atomic E-state index is 14.0. The van der Waals surface area contributed by atoms with Crippen molar-refractivity contribution in [2.75, 3.05) is 15.9 Å². The lowest BCUT2D eigenvalue weighted by molar-refractivity contribution is -0.141. The van der Waals surface area contributed by atoms with Crippen molar-refractivity contribution in [1.82, 2.24) is 14.9 Å². The smallest absolute Gasteiger partial charge is 0.423 e. The van der Waals surface area contributed by atoms with Crippen LogP contribution in [0.25, 0.3) is 6.08 Å². The Morgan fingerprint density at radius 3 is 2.62 bits per heavy atom. The Morgan fingerprint density at radius 2 is 1.87 bits per heavy atom. The number of pyridine rings is 2. The number of amides is 3. The monoisotopic (exact) mass is 718 g/mol. The van der Waals surface area contributed by atoms with E-state index in [9.17, 15) is 14.4 Å². The first kappa shape index (κ1) is 31.4. The lowest BCUT2D eigenvalue weighted by Crippen LogP contribution is -2.46. The molecule has 2 atom stereocenters. The Morgan fingerprint density at radius 1 is 1.09 bits per heavy atom. The minimum Gasteiger partial charge on any atom is -0.443 e. The van der Waals surface area contributed by atoms with Gasteiger partial charge in [0.25, 0.3) is 0 Å². The molecule has 0 saturated heterocycles. The zero-order valence-corrected chi connectivity index (χ0v) is 28.6. The summed E-state index contributed by atoms with van der Waals surface area (Å²) in [6, 6.07) is 14.2. The van der Waals surface area contributed by atoms with Crippen LogP contribution in [0.3, 0.4) is 0 Å². The molecule has 8 nitrogen and oxygen atoms in total. The predicted molar refractivity (Wildman–Crippen MR) is 182 cm³/mol. The van der Waals surface area contributed by atoms with Crippen molar-refractivity contribution in [1.29, 1.82) is 0 Å². The molecule has 2 aliphatic carbocycles. The molecule has 1 aliphatic heterocycles. The number of rotatable bonds is 6. The number of aromatic nitrogens is 2. The van der Waals surface area contributed by atoms with Gasteiger partial charge >= 0.3 is 6.09 Å². The van der Waals surface area contributed by atoms with Crippen molar-refractivity contribution in [3.63, 3.8) is 0 Å². The first-order valence-electron chi connectivity index (χ1n) is 15.5. The Hall–Kier alpha value is -3.60. The topological polar surface area (TPSA) is 92.7 Å². The summed E-state index contributed by atoms with van der Waals surface area (Å²) in [5.74, 6) is 0.153. The van der Waals surface area contributed by atoms with Crippen LogP contribution in [0.2, 0.25) is 0 Å². The summed E-state index contributed by atoms with van der Waals surface area (Å²) in [7, 11) is 0. The highest BCUT2D eigenvalue weighted by molar-refractivity contribution is 14.1. The summed E-state index contributed by atoms with van der Waals surface area (Å²) in [5, 5.41) is 0. The molecule has 0 saturated carbocycles. The summed E-state index contributed by atoms with van der Waals surface area (Å²) in [5.41, 5.74) is 3.81. The second-order valence-corrected chi connectivity index (χ2v) is 14.7. The van der Waals surface area contributed by atoms with E-state index < -0.39 is 22.5 Å². The average Bonchev–Trinajstić information content (AvgIpc) is 3.67. The fourth-order valence-electron chi connectivity index (χ4n) is 6.79. The van der Waals surface area contributed by atoms with Gasteiger partial charge in [-0.1, -0.05) is 78.9 Å². The number of carbonyl (C=O) groups excluding carboxylic acids is 3. The maximum absolute atomic E-state index is 14.0. The number of hydrogen-bond donors (Lipinski definition) is 0. The number of aryl methyl sites for hydroxylation is 1. The third-order valence-corrected chi connectivity index (χ3v) is 10.9. The van der Waals surface area contributed by atoms with Crippen LogP contribution in [0, 0.1) is 5.41 Å². The van der Waals surface area contributed by atoms with Crippen molar-refractivity contribution in [3.05, 3.63) is 94.4 Å². The highest BCUT2D eigenvalue weighted by atomic mass is 127. The fourth-order valence-corrected chi connectivity index (χ4v) is 7.11. The molecule has 0 radical (unpaired) electrons. The molecule has 1 spiro atoms. The molecular formula is C36H39IN4O4. The van der Waals surface area contributed by atoms with Crippen molar-refractivity contribution < 1.29 is 19.1 Å². The van der Waals surface area contributed by atoms with E-state index in [1.807, 2.05) is 43.2 Å². The molecule has 234 valence electrons. The normalized spacial score (nSPS) is 20.4. The van der Waals surface area contributed by atoms with E-state index in [-0.39, 0.29) is 17.9 Å². The van der Waals surface area contributed by atoms with E-state index in [0.717, 1.165) is 44.6 Å². The summed E-state index contributed by atoms with van der Waals surface area (Å²) in [6.45, 7) is 9.84. The minimum atomic E-state index is -0.956. The van der Waals surface area contributed by atoms with Crippen molar-refractivity contribution in [2.24, 2.45) is 5.41 Å². The van der Waals surface area contributed by atoms with Crippen LogP contribution in [0.5, 0.6) is 0 Å². The van der Waals surface area contributed by atoms with E-state index in [1.54, 1.807) is 33.0 Å². The number of halogens is 1. The van der Waals surface area contributed by atoms with E-state index in [0.29, 0.717) is 25.2 Å². The quantitative estimate of drug-likeness (QED) is 0.206. The van der Waals surface area contributed by atoms with Gasteiger partial charge in [0.2, 0.25) is 11.8 Å². The highest BCUT2D eigenvalue weighted by Crippen LogP contribution is 2.49. The average molecular weight is 719 g/mol. The summed E-state index contributed by atoms with van der Waals surface area (Å²) >= 11 is 2.30. The van der Waals surface area contributed by atoms with E-state index in [1.165, 1.54) is 11.1 Å². The molecule has 3 aromatic rings. The van der Waals surface area contributed by atoms with Crippen molar-refractivity contribution in [3.8, 4) is 0 Å². The van der Waals surface area contributed by atoms with E-state index >= 15 is 0 Å². The maximum Gasteiger partial charge on any atom is 0.423 e. The van der Waals surface area contributed by atoms with Gasteiger partial charge in [-0.3, -0.25) is 14.6 Å². The molecule has 2 aromatic heterocycles. The zero-order chi connectivity index (χ0) is 32.1. The van der Waals surface area contributed by atoms with Gasteiger partial charge in [-0.15, -0.1) is 0 Å². The van der Waals surface area contributed by atoms with Crippen molar-refractivity contribution >= 4 is 52.4 Å². The lowest BCUT2D eigenvalue weighted by atomic mass is 9.79. The Balaban J connectivity index is 1.24. The molecule has 0 fully saturated rings. The zero-order valence-electron chi connectivity index (χ0n) is 26.5. The second kappa shape index (κ2) is 11.6. The first-order valence-corrected chi connectivity index (χ1v) is 17.0. The van der Waals surface area contributed by atoms with Crippen LogP contribution in [-0.2, 0) is 39.0 Å². The van der Waals surface area contributed by atoms with Crippen LogP contribution in [0.15, 0.2) is 60.9 Å². The van der Waals surface area contributed by atoms with Gasteiger partial charge in [-0.05, 0) is 74.4 Å². The highest BCUT2D eigenvalue weighted by Gasteiger charge is 2.57. The molecule has 9 heteroatoms. The number of imide groups is 1. The van der Waals surface area contributed by atoms with Gasteiger partial charge < -0.3 is 9.64 Å². The predicted octanol–water partition coefficient (Wildman–Crippen LogP) is 6.79. The second-order valence-electron chi connectivity index (χ2n) is 13.9. The lowest BCUT2D eigenvalue weighted by Gasteiger charge is -2.35. The summed E-state index contributed by atoms with van der Waals surface area (Å²) < 4.78 is 6.32. The standard InChI is InChI=1S/C36H39IN4O4/c1-34(2,3)45-33(44)41-30-27(13-8-16-38-30)36(32(41)43)19-25-18-23(21-39-28(25)20-36)10-9-17-40(31(42)35(4,5)22-37)29-15-14-24-11-6-7-12-26(24)29/h6-13,16,18,21,29H,14-15,17,19-20,22H2,1-5H3/t29?,36-/m0/s1. The Bertz CT molecular complexity index is 1710. The molecule has 6 rings (SSSR count). The summed E-state index contributed by atoms with van der Waals surface area (Å²) in [6.07, 6.45) is 9.43. The van der Waals surface area contributed by atoms with Gasteiger partial charge in [0.1, 0.15) is 11.4 Å². The summed E-state index contributed by atoms with van der Waals surface area (Å²) in [4.78, 5) is 53.3. The molecule has 0 bridgehead atoms. The molecule has 1 unspecified atom stereocenters. The number of fused-ring (bicyclic) bond motifs is 4. The molecule has 45 heavy (non-hydrogen) atoms. The van der Waals surface area contributed by atoms with Gasteiger partial charge in [-0.2, -0.15) is 4.90 Å². The molecule has 3 amide bonds. The van der Waals surface area contributed by atoms with Crippen LogP contribution in [-0.4, -0.2) is 49.3 Å². The molecule has 0 N–H and O–H groups in total. The third kappa shape index (κ3) is 5.68. The molecule has 3 aliphatic rings. The molecule has 3 heterocycles. The largest absolute Gasteiger partial charge is 0.443 e. The Labute approximate surface area is 278 Å². The van der Waals surface area contributed by atoms with Gasteiger partial charge in [0, 0.05) is 41.0 Å². The number of anilines is 1. The van der Waals surface area contributed by atoms with E-state index in [4.69, 9.17) is 9.72 Å². The molecule has 1 aromatic carbocycles. The number of benzene rings is 1. The van der Waals surface area contributed by atoms with Gasteiger partial charge in [0.15, 0.2) is 0 Å². The molecular weight excluding hydrogens is 679 g/mol. The number of nitrogens with zero attached hydrogens (tertiary/aromatic N) is 4. The number of ether oxygens (including phenoxy) is 1. The van der Waals surface area contributed by atoms with Crippen LogP contribution in [0.1, 0.15) is 80.6 Å². The van der Waals surface area contributed by atoms with Crippen molar-refractivity contribution in [2.45, 2.75) is 77.4 Å². The van der Waals surface area contributed by atoms with E-state index in [2.05, 4.69) is 57.9 Å². The fraction of sp³-hybridized carbons (Fsp3) is 0.417. The Kier molecular flexibility index (Phi) is 8.12. The third-order valence-electron chi connectivity index (χ3n) is 9.01. The van der Waals surface area contributed by atoms with Gasteiger partial charge in [0.05, 0.1) is 16.9 Å². The van der Waals surface area contributed by atoms with Crippen LogP contribution >= 0.6 is 22.6 Å².